The predicted molar refractivity (Wildman–Crippen MR) is 133 cm³/mol. The van der Waals surface area contributed by atoms with Gasteiger partial charge >= 0.3 is 0 Å². The van der Waals surface area contributed by atoms with Crippen LogP contribution in [0.25, 0.3) is 0 Å². The van der Waals surface area contributed by atoms with Crippen LogP contribution in [-0.4, -0.2) is 42.5 Å². The molecule has 9 heteroatoms. The lowest BCUT2D eigenvalue weighted by Gasteiger charge is -2.37. The Morgan fingerprint density at radius 1 is 1.14 bits per heavy atom. The molecular weight excluding hydrogens is 460 g/mol. The van der Waals surface area contributed by atoms with Crippen LogP contribution in [0.1, 0.15) is 24.8 Å². The molecule has 0 aliphatic carbocycles. The smallest absolute Gasteiger partial charge is 0.224 e. The van der Waals surface area contributed by atoms with Crippen LogP contribution in [0.4, 0.5) is 17.2 Å². The van der Waals surface area contributed by atoms with Crippen molar-refractivity contribution in [1.29, 1.82) is 0 Å². The van der Waals surface area contributed by atoms with E-state index in [9.17, 15) is 19.5 Å². The molecule has 0 spiro atoms. The van der Waals surface area contributed by atoms with Crippen molar-refractivity contribution < 1.29 is 24.2 Å². The van der Waals surface area contributed by atoms with E-state index in [1.54, 1.807) is 36.5 Å². The van der Waals surface area contributed by atoms with Crippen LogP contribution in [-0.2, 0) is 20.9 Å². The molecule has 0 fully saturated rings. The number of aliphatic carboxylic acids is 1. The number of ether oxygens (including phenoxy) is 1. The van der Waals surface area contributed by atoms with E-state index in [1.807, 2.05) is 41.3 Å². The number of hydrogen-bond donors (Lipinski definition) is 1. The first kappa shape index (κ1) is 24.7. The number of fused-ring (bicyclic) bond motifs is 1. The lowest BCUT2D eigenvalue weighted by Crippen LogP contribution is -2.42. The van der Waals surface area contributed by atoms with Crippen molar-refractivity contribution >= 4 is 35.5 Å². The molecule has 1 aliphatic rings. The summed E-state index contributed by atoms with van der Waals surface area (Å²) in [5, 5.41) is 14.1. The predicted octanol–water partition coefficient (Wildman–Crippen LogP) is 2.37. The average molecular weight is 488 g/mol. The first-order valence-electron chi connectivity index (χ1n) is 11.7. The maximum Gasteiger partial charge on any atom is 0.224 e. The molecule has 1 aromatic heterocycles. The Kier molecular flexibility index (Phi) is 8.12. The van der Waals surface area contributed by atoms with Gasteiger partial charge in [-0.05, 0) is 42.3 Å². The molecule has 2 amide bonds. The zero-order valence-corrected chi connectivity index (χ0v) is 19.7. The largest absolute Gasteiger partial charge is 0.550 e. The molecule has 1 atom stereocenters. The maximum atomic E-state index is 12.6. The standard InChI is InChI=1S/C27H28N4O5/c32-19-30(25-9-4-5-13-28-25)14-6-10-26(33)29-21-11-12-24-23(15-21)31(17-20-7-2-1-3-8-20)18-22(36-24)16-27(34)35/h1-5,7-9,11-13,15,19,22H,6,10,14,16-18H2,(H,29,33)(H,34,35)/p-1. The summed E-state index contributed by atoms with van der Waals surface area (Å²) in [6.07, 6.45) is 2.27. The van der Waals surface area contributed by atoms with E-state index in [1.165, 1.54) is 4.90 Å². The van der Waals surface area contributed by atoms with Crippen LogP contribution in [0.3, 0.4) is 0 Å². The van der Waals surface area contributed by atoms with Crippen LogP contribution in [0.15, 0.2) is 72.9 Å². The van der Waals surface area contributed by atoms with Gasteiger partial charge in [0.25, 0.3) is 0 Å². The molecule has 2 heterocycles. The maximum absolute atomic E-state index is 12.6. The van der Waals surface area contributed by atoms with Crippen LogP contribution < -0.4 is 25.0 Å². The second-order valence-corrected chi connectivity index (χ2v) is 8.50. The molecule has 2 aromatic carbocycles. The third-order valence-electron chi connectivity index (χ3n) is 5.79. The third kappa shape index (κ3) is 6.59. The molecule has 0 saturated heterocycles. The van der Waals surface area contributed by atoms with E-state index in [-0.39, 0.29) is 18.7 Å². The van der Waals surface area contributed by atoms with Crippen LogP contribution >= 0.6 is 0 Å². The number of hydrogen-bond acceptors (Lipinski definition) is 7. The molecule has 0 saturated carbocycles. The minimum absolute atomic E-state index is 0.178. The van der Waals surface area contributed by atoms with Crippen molar-refractivity contribution in [2.45, 2.75) is 31.9 Å². The van der Waals surface area contributed by atoms with E-state index >= 15 is 0 Å². The van der Waals surface area contributed by atoms with Crippen LogP contribution in [0.5, 0.6) is 5.75 Å². The molecule has 1 aliphatic heterocycles. The van der Waals surface area contributed by atoms with Gasteiger partial charge in [0.15, 0.2) is 0 Å². The number of aromatic nitrogens is 1. The summed E-state index contributed by atoms with van der Waals surface area (Å²) in [5.74, 6) is -0.248. The molecule has 1 unspecified atom stereocenters. The van der Waals surface area contributed by atoms with Gasteiger partial charge in [0.2, 0.25) is 12.3 Å². The molecule has 3 aromatic rings. The minimum atomic E-state index is -1.16. The lowest BCUT2D eigenvalue weighted by molar-refractivity contribution is -0.307. The van der Waals surface area contributed by atoms with Crippen molar-refractivity contribution in [2.24, 2.45) is 0 Å². The van der Waals surface area contributed by atoms with E-state index in [0.29, 0.717) is 49.7 Å². The molecule has 0 radical (unpaired) electrons. The Morgan fingerprint density at radius 3 is 2.67 bits per heavy atom. The monoisotopic (exact) mass is 487 g/mol. The highest BCUT2D eigenvalue weighted by Gasteiger charge is 2.26. The van der Waals surface area contributed by atoms with Crippen molar-refractivity contribution in [3.05, 3.63) is 78.5 Å². The Labute approximate surface area is 209 Å². The Morgan fingerprint density at radius 2 is 1.94 bits per heavy atom. The topological polar surface area (TPSA) is 115 Å². The second-order valence-electron chi connectivity index (χ2n) is 8.50. The number of nitrogens with one attached hydrogen (secondary N) is 1. The zero-order valence-electron chi connectivity index (χ0n) is 19.7. The van der Waals surface area contributed by atoms with Gasteiger partial charge in [-0.3, -0.25) is 14.5 Å². The number of benzene rings is 2. The van der Waals surface area contributed by atoms with E-state index in [4.69, 9.17) is 4.74 Å². The Bertz CT molecular complexity index is 1190. The van der Waals surface area contributed by atoms with E-state index in [0.717, 1.165) is 11.3 Å². The van der Waals surface area contributed by atoms with Crippen molar-refractivity contribution in [1.82, 2.24) is 4.98 Å². The molecule has 9 nitrogen and oxygen atoms in total. The lowest BCUT2D eigenvalue weighted by atomic mass is 10.1. The van der Waals surface area contributed by atoms with Crippen molar-refractivity contribution in [2.75, 3.05) is 28.2 Å². The summed E-state index contributed by atoms with van der Waals surface area (Å²) in [7, 11) is 0. The second kappa shape index (κ2) is 11.8. The van der Waals surface area contributed by atoms with Gasteiger partial charge in [-0.1, -0.05) is 36.4 Å². The molecule has 0 bridgehead atoms. The molecule has 1 N–H and O–H groups in total. The Hall–Kier alpha value is -4.40. The number of amides is 2. The van der Waals surface area contributed by atoms with Gasteiger partial charge in [-0.2, -0.15) is 0 Å². The number of carboxylic acids is 1. The summed E-state index contributed by atoms with van der Waals surface area (Å²) in [4.78, 5) is 42.8. The number of anilines is 3. The minimum Gasteiger partial charge on any atom is -0.550 e. The molecular formula is C27H27N4O5-. The number of pyridine rings is 1. The van der Waals surface area contributed by atoms with Gasteiger partial charge in [0, 0.05) is 43.8 Å². The molecule has 186 valence electrons. The average Bonchev–Trinajstić information content (AvgIpc) is 2.88. The summed E-state index contributed by atoms with van der Waals surface area (Å²) >= 11 is 0. The van der Waals surface area contributed by atoms with Crippen LogP contribution in [0.2, 0.25) is 0 Å². The third-order valence-corrected chi connectivity index (χ3v) is 5.79. The number of rotatable bonds is 11. The van der Waals surface area contributed by atoms with Crippen molar-refractivity contribution in [3.63, 3.8) is 0 Å². The SMILES string of the molecule is O=CN(CCCC(=O)Nc1ccc2c(c1)N(Cc1ccccc1)CC(CC(=O)[O-])O2)c1ccccn1. The summed E-state index contributed by atoms with van der Waals surface area (Å²) in [6, 6.07) is 20.4. The van der Waals surface area contributed by atoms with Gasteiger partial charge in [-0.15, -0.1) is 0 Å². The fourth-order valence-electron chi connectivity index (χ4n) is 4.13. The van der Waals surface area contributed by atoms with Gasteiger partial charge in [0.1, 0.15) is 17.7 Å². The number of carbonyl (C=O) groups is 3. The fourth-order valence-corrected chi connectivity index (χ4v) is 4.13. The number of carboxylic acid groups (broad SMARTS) is 1. The van der Waals surface area contributed by atoms with Crippen LogP contribution in [0, 0.1) is 0 Å². The van der Waals surface area contributed by atoms with Gasteiger partial charge in [-0.25, -0.2) is 4.98 Å². The number of nitrogens with zero attached hydrogens (tertiary/aromatic N) is 3. The fraction of sp³-hybridized carbons (Fsp3) is 0.259. The highest BCUT2D eigenvalue weighted by atomic mass is 16.5. The number of carbonyl (C=O) groups excluding carboxylic acids is 3. The Balaban J connectivity index is 1.41. The summed E-state index contributed by atoms with van der Waals surface area (Å²) in [6.45, 7) is 1.31. The van der Waals surface area contributed by atoms with Gasteiger partial charge < -0.3 is 24.9 Å². The van der Waals surface area contributed by atoms with E-state index in [2.05, 4.69) is 10.3 Å². The quantitative estimate of drug-likeness (QED) is 0.413. The molecule has 36 heavy (non-hydrogen) atoms. The first-order valence-corrected chi connectivity index (χ1v) is 11.7. The summed E-state index contributed by atoms with van der Waals surface area (Å²) in [5.41, 5.74) is 2.45. The highest BCUT2D eigenvalue weighted by Crippen LogP contribution is 2.37. The zero-order chi connectivity index (χ0) is 25.3. The van der Waals surface area contributed by atoms with E-state index < -0.39 is 12.1 Å². The first-order chi connectivity index (χ1) is 17.5. The normalized spacial score (nSPS) is 14.3. The summed E-state index contributed by atoms with van der Waals surface area (Å²) < 4.78 is 5.90. The highest BCUT2D eigenvalue weighted by molar-refractivity contribution is 5.91. The molecule has 4 rings (SSSR count). The van der Waals surface area contributed by atoms with Crippen molar-refractivity contribution in [3.8, 4) is 5.75 Å². The van der Waals surface area contributed by atoms with Gasteiger partial charge in [0.05, 0.1) is 12.2 Å².